The topological polar surface area (TPSA) is 70.2 Å². The van der Waals surface area contributed by atoms with Gasteiger partial charge in [-0.25, -0.2) is 0 Å². The van der Waals surface area contributed by atoms with E-state index in [4.69, 9.17) is 4.74 Å². The Balaban J connectivity index is 1.86. The molecule has 1 aromatic rings. The second kappa shape index (κ2) is 6.01. The minimum absolute atomic E-state index is 0.0336. The Morgan fingerprint density at radius 2 is 2.36 bits per heavy atom. The van der Waals surface area contributed by atoms with Gasteiger partial charge in [0.05, 0.1) is 18.9 Å². The lowest BCUT2D eigenvalue weighted by molar-refractivity contribution is 0.0499. The first-order valence-corrected chi connectivity index (χ1v) is 8.25. The molecule has 2 N–H and O–H groups in total. The molecule has 3 rings (SSSR count). The third-order valence-electron chi connectivity index (χ3n) is 4.89. The Bertz CT molecular complexity index is 554. The van der Waals surface area contributed by atoms with E-state index in [1.165, 1.54) is 0 Å². The zero-order chi connectivity index (χ0) is 15.7. The summed E-state index contributed by atoms with van der Waals surface area (Å²) in [6.07, 6.45) is 1.97. The minimum Gasteiger partial charge on any atom is -0.376 e. The lowest BCUT2D eigenvalue weighted by Gasteiger charge is -2.33. The Hall–Kier alpha value is -1.40. The predicted octanol–water partition coefficient (Wildman–Crippen LogP) is 1.43. The van der Waals surface area contributed by atoms with E-state index in [2.05, 4.69) is 34.3 Å². The lowest BCUT2D eigenvalue weighted by atomic mass is 9.80. The van der Waals surface area contributed by atoms with Crippen molar-refractivity contribution in [1.82, 2.24) is 20.4 Å². The zero-order valence-corrected chi connectivity index (χ0v) is 13.7. The maximum Gasteiger partial charge on any atom is 0.272 e. The molecule has 6 heteroatoms. The summed E-state index contributed by atoms with van der Waals surface area (Å²) >= 11 is 0. The van der Waals surface area contributed by atoms with Crippen LogP contribution in [0.15, 0.2) is 0 Å². The van der Waals surface area contributed by atoms with Crippen LogP contribution >= 0.6 is 0 Å². The van der Waals surface area contributed by atoms with Crippen LogP contribution in [0.3, 0.4) is 0 Å². The monoisotopic (exact) mass is 306 g/mol. The van der Waals surface area contributed by atoms with E-state index in [-0.39, 0.29) is 11.3 Å². The first kappa shape index (κ1) is 15.5. The molecule has 0 bridgehead atoms. The molecule has 1 spiro atoms. The summed E-state index contributed by atoms with van der Waals surface area (Å²) in [6, 6.07) is 0.528. The number of hydrogen-bond donors (Lipinski definition) is 2. The van der Waals surface area contributed by atoms with E-state index in [0.717, 1.165) is 37.2 Å². The summed E-state index contributed by atoms with van der Waals surface area (Å²) in [5.41, 5.74) is 2.54. The summed E-state index contributed by atoms with van der Waals surface area (Å²) in [6.45, 7) is 10.4. The van der Waals surface area contributed by atoms with Crippen LogP contribution in [0.25, 0.3) is 0 Å². The number of carbonyl (C=O) groups excluding carboxylic acids is 1. The SMILES string of the molecule is CCCNC(=O)c1n[nH]c2c1COCC21CCN(C(C)C)C1. The molecule has 2 aliphatic heterocycles. The van der Waals surface area contributed by atoms with Gasteiger partial charge in [-0.2, -0.15) is 5.10 Å². The third-order valence-corrected chi connectivity index (χ3v) is 4.89. The number of carbonyl (C=O) groups is 1. The standard InChI is InChI=1S/C16H26N4O2/c1-4-6-17-15(21)13-12-8-22-10-16(14(12)19-18-13)5-7-20(9-16)11(2)3/h11H,4-10H2,1-3H3,(H,17,21)(H,18,19). The van der Waals surface area contributed by atoms with Crippen LogP contribution in [-0.4, -0.2) is 53.3 Å². The van der Waals surface area contributed by atoms with Crippen molar-refractivity contribution >= 4 is 5.91 Å². The van der Waals surface area contributed by atoms with Gasteiger partial charge in [0.1, 0.15) is 0 Å². The van der Waals surface area contributed by atoms with Crippen molar-refractivity contribution in [2.75, 3.05) is 26.2 Å². The van der Waals surface area contributed by atoms with Crippen molar-refractivity contribution in [3.05, 3.63) is 17.0 Å². The molecular weight excluding hydrogens is 280 g/mol. The molecule has 0 saturated carbocycles. The molecule has 0 aliphatic carbocycles. The second-order valence-electron chi connectivity index (χ2n) is 6.77. The Morgan fingerprint density at radius 3 is 3.05 bits per heavy atom. The van der Waals surface area contributed by atoms with Gasteiger partial charge in [0.25, 0.3) is 5.91 Å². The highest BCUT2D eigenvalue weighted by molar-refractivity contribution is 5.94. The van der Waals surface area contributed by atoms with E-state index in [1.54, 1.807) is 0 Å². The molecule has 0 aromatic carbocycles. The molecule has 1 atom stereocenters. The van der Waals surface area contributed by atoms with E-state index in [0.29, 0.717) is 31.5 Å². The smallest absolute Gasteiger partial charge is 0.272 e. The number of fused-ring (bicyclic) bond motifs is 2. The molecule has 6 nitrogen and oxygen atoms in total. The molecule has 1 unspecified atom stereocenters. The molecule has 1 saturated heterocycles. The van der Waals surface area contributed by atoms with Crippen LogP contribution in [0.4, 0.5) is 0 Å². The van der Waals surface area contributed by atoms with Crippen LogP contribution < -0.4 is 5.32 Å². The lowest BCUT2D eigenvalue weighted by Crippen LogP contribution is -2.41. The largest absolute Gasteiger partial charge is 0.376 e. The van der Waals surface area contributed by atoms with E-state index in [9.17, 15) is 4.79 Å². The fourth-order valence-electron chi connectivity index (χ4n) is 3.54. The van der Waals surface area contributed by atoms with E-state index >= 15 is 0 Å². The Labute approximate surface area is 131 Å². The summed E-state index contributed by atoms with van der Waals surface area (Å²) < 4.78 is 5.85. The van der Waals surface area contributed by atoms with Crippen molar-refractivity contribution in [3.63, 3.8) is 0 Å². The number of aromatic nitrogens is 2. The molecule has 22 heavy (non-hydrogen) atoms. The maximum atomic E-state index is 12.3. The number of rotatable bonds is 4. The summed E-state index contributed by atoms with van der Waals surface area (Å²) in [7, 11) is 0. The number of nitrogens with zero attached hydrogens (tertiary/aromatic N) is 2. The molecule has 3 heterocycles. The number of H-pyrrole nitrogens is 1. The van der Waals surface area contributed by atoms with Crippen LogP contribution in [0.5, 0.6) is 0 Å². The average Bonchev–Trinajstić information content (AvgIpc) is 3.11. The van der Waals surface area contributed by atoms with E-state index in [1.807, 2.05) is 6.92 Å². The maximum absolute atomic E-state index is 12.3. The quantitative estimate of drug-likeness (QED) is 0.883. The highest BCUT2D eigenvalue weighted by Gasteiger charge is 2.46. The molecule has 1 amide bonds. The van der Waals surface area contributed by atoms with Gasteiger partial charge in [0, 0.05) is 30.1 Å². The van der Waals surface area contributed by atoms with Crippen LogP contribution in [-0.2, 0) is 16.8 Å². The number of aromatic amines is 1. The first-order valence-electron chi connectivity index (χ1n) is 8.25. The van der Waals surface area contributed by atoms with Crippen molar-refractivity contribution in [3.8, 4) is 0 Å². The fraction of sp³-hybridized carbons (Fsp3) is 0.750. The van der Waals surface area contributed by atoms with Gasteiger partial charge >= 0.3 is 0 Å². The molecular formula is C16H26N4O2. The summed E-state index contributed by atoms with van der Waals surface area (Å²) in [5.74, 6) is -0.0984. The summed E-state index contributed by atoms with van der Waals surface area (Å²) in [4.78, 5) is 14.7. The van der Waals surface area contributed by atoms with Gasteiger partial charge in [-0.1, -0.05) is 6.92 Å². The average molecular weight is 306 g/mol. The molecule has 0 radical (unpaired) electrons. The van der Waals surface area contributed by atoms with Gasteiger partial charge in [0.15, 0.2) is 5.69 Å². The number of nitrogens with one attached hydrogen (secondary N) is 2. The Kier molecular flexibility index (Phi) is 4.23. The first-order chi connectivity index (χ1) is 10.6. The fourth-order valence-corrected chi connectivity index (χ4v) is 3.54. The van der Waals surface area contributed by atoms with Crippen molar-refractivity contribution < 1.29 is 9.53 Å². The van der Waals surface area contributed by atoms with Gasteiger partial charge in [-0.05, 0) is 33.2 Å². The predicted molar refractivity (Wildman–Crippen MR) is 83.9 cm³/mol. The molecule has 1 fully saturated rings. The minimum atomic E-state index is -0.0984. The van der Waals surface area contributed by atoms with Gasteiger partial charge in [-0.15, -0.1) is 0 Å². The number of hydrogen-bond acceptors (Lipinski definition) is 4. The zero-order valence-electron chi connectivity index (χ0n) is 13.7. The third kappa shape index (κ3) is 2.54. The number of likely N-dealkylation sites (tertiary alicyclic amines) is 1. The highest BCUT2D eigenvalue weighted by Crippen LogP contribution is 2.40. The second-order valence-corrected chi connectivity index (χ2v) is 6.77. The molecule has 2 aliphatic rings. The summed E-state index contributed by atoms with van der Waals surface area (Å²) in [5, 5.41) is 10.4. The number of amides is 1. The number of ether oxygens (including phenoxy) is 1. The molecule has 122 valence electrons. The van der Waals surface area contributed by atoms with Crippen molar-refractivity contribution in [2.45, 2.75) is 51.7 Å². The normalized spacial score (nSPS) is 24.9. The van der Waals surface area contributed by atoms with Crippen molar-refractivity contribution in [1.29, 1.82) is 0 Å². The van der Waals surface area contributed by atoms with Gasteiger partial charge in [-0.3, -0.25) is 14.8 Å². The van der Waals surface area contributed by atoms with Crippen LogP contribution in [0, 0.1) is 0 Å². The van der Waals surface area contributed by atoms with Crippen molar-refractivity contribution in [2.24, 2.45) is 0 Å². The van der Waals surface area contributed by atoms with Crippen LogP contribution in [0.1, 0.15) is 55.4 Å². The van der Waals surface area contributed by atoms with Crippen LogP contribution in [0.2, 0.25) is 0 Å². The molecule has 1 aromatic heterocycles. The Morgan fingerprint density at radius 1 is 1.55 bits per heavy atom. The van der Waals surface area contributed by atoms with Gasteiger partial charge in [0.2, 0.25) is 0 Å². The van der Waals surface area contributed by atoms with Gasteiger partial charge < -0.3 is 10.1 Å². The highest BCUT2D eigenvalue weighted by atomic mass is 16.5. The van der Waals surface area contributed by atoms with E-state index < -0.39 is 0 Å².